The van der Waals surface area contributed by atoms with E-state index in [4.69, 9.17) is 9.47 Å². The molecule has 1 aliphatic rings. The number of hydrogen-bond donors (Lipinski definition) is 5. The van der Waals surface area contributed by atoms with Gasteiger partial charge in [0.2, 0.25) is 18.1 Å². The lowest BCUT2D eigenvalue weighted by Gasteiger charge is -2.42. The van der Waals surface area contributed by atoms with Gasteiger partial charge in [-0.05, 0) is 44.4 Å². The Kier molecular flexibility index (Phi) is 19.6. The van der Waals surface area contributed by atoms with Gasteiger partial charge in [0.05, 0.1) is 6.61 Å². The second-order valence-electron chi connectivity index (χ2n) is 11.4. The molecule has 0 aromatic carbocycles. The minimum Gasteiger partial charge on any atom is -0.432 e. The lowest BCUT2D eigenvalue weighted by atomic mass is 9.96. The molecule has 1 heterocycles. The summed E-state index contributed by atoms with van der Waals surface area (Å²) in [6, 6.07) is -2.20. The van der Waals surface area contributed by atoms with Gasteiger partial charge in [-0.1, -0.05) is 78.4 Å². The molecule has 1 rings (SSSR count). The topological polar surface area (TPSA) is 154 Å². The molecule has 1 saturated heterocycles. The van der Waals surface area contributed by atoms with Crippen molar-refractivity contribution in [2.75, 3.05) is 6.61 Å². The summed E-state index contributed by atoms with van der Waals surface area (Å²) in [7, 11) is 0. The number of amides is 2. The molecule has 0 saturated carbocycles. The van der Waals surface area contributed by atoms with E-state index in [0.29, 0.717) is 12.8 Å². The minimum atomic E-state index is -1.53. The van der Waals surface area contributed by atoms with Crippen molar-refractivity contribution in [1.82, 2.24) is 10.6 Å². The molecule has 10 heteroatoms. The van der Waals surface area contributed by atoms with E-state index >= 15 is 0 Å². The molecule has 0 bridgehead atoms. The highest BCUT2D eigenvalue weighted by atomic mass is 16.7. The number of aliphatic hydroxyl groups is 3. The molecule has 0 aromatic heterocycles. The van der Waals surface area contributed by atoms with Crippen molar-refractivity contribution >= 4 is 17.8 Å². The quantitative estimate of drug-likeness (QED) is 0.0778. The van der Waals surface area contributed by atoms with Crippen molar-refractivity contribution in [3.63, 3.8) is 0 Å². The van der Waals surface area contributed by atoms with Gasteiger partial charge in [-0.2, -0.15) is 0 Å². The first-order chi connectivity index (χ1) is 19.7. The minimum absolute atomic E-state index is 0.171. The molecule has 1 fully saturated rings. The van der Waals surface area contributed by atoms with E-state index in [9.17, 15) is 29.7 Å². The summed E-state index contributed by atoms with van der Waals surface area (Å²) >= 11 is 0. The number of ether oxygens (including phenoxy) is 2. The molecule has 0 spiro atoms. The number of carbonyl (C=O) groups excluding carboxylic acids is 3. The van der Waals surface area contributed by atoms with E-state index in [1.165, 1.54) is 25.7 Å². The van der Waals surface area contributed by atoms with E-state index in [0.717, 1.165) is 44.9 Å². The van der Waals surface area contributed by atoms with Crippen LogP contribution in [0.25, 0.3) is 0 Å². The molecule has 0 aliphatic carbocycles. The zero-order valence-corrected chi connectivity index (χ0v) is 25.7. The third-order valence-electron chi connectivity index (χ3n) is 7.32. The van der Waals surface area contributed by atoms with Crippen molar-refractivity contribution in [3.8, 4) is 0 Å². The van der Waals surface area contributed by atoms with Crippen LogP contribution in [-0.2, 0) is 23.9 Å². The standard InChI is InChI=1S/C31H56N2O8/c1-5-7-8-9-10-11-12-13-14-15-16-17-18-20-25(36)32-26(22(3)4)30(39)41-31-27(33-24(35)19-6-2)29(38)28(37)23(21-34)40-31/h11-12,22-23,26-29,31,34,37-38H,5-10,13-21H2,1-4H3,(H,32,36)(H,33,35)/b12-11+/t23-,26?,27-,28-,29-,31-/m1/s1. The van der Waals surface area contributed by atoms with Gasteiger partial charge < -0.3 is 35.4 Å². The highest BCUT2D eigenvalue weighted by molar-refractivity contribution is 5.84. The molecule has 0 radical (unpaired) electrons. The number of allylic oxidation sites excluding steroid dienone is 2. The number of aliphatic hydroxyl groups excluding tert-OH is 3. The number of unbranched alkanes of at least 4 members (excludes halogenated alkanes) is 9. The Morgan fingerprint density at radius 2 is 1.44 bits per heavy atom. The predicted molar refractivity (Wildman–Crippen MR) is 158 cm³/mol. The van der Waals surface area contributed by atoms with Crippen LogP contribution in [0.15, 0.2) is 12.2 Å². The fraction of sp³-hybridized carbons (Fsp3) is 0.839. The van der Waals surface area contributed by atoms with Crippen molar-refractivity contribution in [3.05, 3.63) is 12.2 Å². The van der Waals surface area contributed by atoms with Gasteiger partial charge in [-0.15, -0.1) is 0 Å². The van der Waals surface area contributed by atoms with E-state index in [-0.39, 0.29) is 18.2 Å². The monoisotopic (exact) mass is 584 g/mol. The molecule has 238 valence electrons. The molecular formula is C31H56N2O8. The zero-order chi connectivity index (χ0) is 30.6. The third-order valence-corrected chi connectivity index (χ3v) is 7.32. The summed E-state index contributed by atoms with van der Waals surface area (Å²) in [5, 5.41) is 35.6. The van der Waals surface area contributed by atoms with Gasteiger partial charge >= 0.3 is 5.97 Å². The molecule has 41 heavy (non-hydrogen) atoms. The number of esters is 1. The molecule has 1 aliphatic heterocycles. The van der Waals surface area contributed by atoms with E-state index < -0.39 is 55.2 Å². The normalized spacial score (nSPS) is 23.5. The maximum atomic E-state index is 13.1. The average molecular weight is 585 g/mol. The highest BCUT2D eigenvalue weighted by Gasteiger charge is 2.47. The van der Waals surface area contributed by atoms with Gasteiger partial charge in [0, 0.05) is 12.8 Å². The Morgan fingerprint density at radius 3 is 2.02 bits per heavy atom. The van der Waals surface area contributed by atoms with Crippen molar-refractivity contribution in [2.24, 2.45) is 5.92 Å². The van der Waals surface area contributed by atoms with Crippen LogP contribution in [0.1, 0.15) is 118 Å². The number of rotatable bonds is 21. The van der Waals surface area contributed by atoms with Gasteiger partial charge in [-0.3, -0.25) is 9.59 Å². The Hall–Kier alpha value is -2.01. The second-order valence-corrected chi connectivity index (χ2v) is 11.4. The second kappa shape index (κ2) is 21.7. The summed E-state index contributed by atoms with van der Waals surface area (Å²) in [6.45, 7) is 6.94. The summed E-state index contributed by atoms with van der Waals surface area (Å²) in [5.41, 5.74) is 0. The number of hydrogen-bond acceptors (Lipinski definition) is 8. The maximum absolute atomic E-state index is 13.1. The Balaban J connectivity index is 2.50. The highest BCUT2D eigenvalue weighted by Crippen LogP contribution is 2.23. The van der Waals surface area contributed by atoms with Crippen LogP contribution in [0.3, 0.4) is 0 Å². The van der Waals surface area contributed by atoms with Gasteiger partial charge in [0.1, 0.15) is 30.4 Å². The lowest BCUT2D eigenvalue weighted by Crippen LogP contribution is -2.65. The SMILES string of the molecule is CCCCCC/C=C/CCCCCCCC(=O)NC(C(=O)O[C@H]1O[C@H](CO)[C@@H](O)[C@H](O)[C@H]1NC(=O)CCC)C(C)C. The molecule has 5 N–H and O–H groups in total. The van der Waals surface area contributed by atoms with Gasteiger partial charge in [0.25, 0.3) is 0 Å². The van der Waals surface area contributed by atoms with E-state index in [1.807, 2.05) is 6.92 Å². The van der Waals surface area contributed by atoms with Crippen LogP contribution < -0.4 is 10.6 Å². The summed E-state index contributed by atoms with van der Waals surface area (Å²) in [4.78, 5) is 37.9. The van der Waals surface area contributed by atoms with Crippen molar-refractivity contribution in [2.45, 2.75) is 154 Å². The van der Waals surface area contributed by atoms with Crippen LogP contribution in [0.5, 0.6) is 0 Å². The molecule has 10 nitrogen and oxygen atoms in total. The van der Waals surface area contributed by atoms with Crippen molar-refractivity contribution in [1.29, 1.82) is 0 Å². The van der Waals surface area contributed by atoms with E-state index in [1.54, 1.807) is 13.8 Å². The Bertz CT molecular complexity index is 775. The summed E-state index contributed by atoms with van der Waals surface area (Å²) in [5.74, 6) is -1.75. The van der Waals surface area contributed by atoms with Crippen LogP contribution >= 0.6 is 0 Å². The number of carbonyl (C=O) groups is 3. The predicted octanol–water partition coefficient (Wildman–Crippen LogP) is 3.65. The first kappa shape index (κ1) is 37.0. The lowest BCUT2D eigenvalue weighted by molar-refractivity contribution is -0.264. The molecular weight excluding hydrogens is 528 g/mol. The van der Waals surface area contributed by atoms with Crippen LogP contribution in [0.2, 0.25) is 0 Å². The first-order valence-corrected chi connectivity index (χ1v) is 15.7. The summed E-state index contributed by atoms with van der Waals surface area (Å²) in [6.07, 6.45) is 12.3. The number of nitrogens with one attached hydrogen (secondary N) is 2. The largest absolute Gasteiger partial charge is 0.432 e. The fourth-order valence-electron chi connectivity index (χ4n) is 4.76. The molecule has 6 atom stereocenters. The smallest absolute Gasteiger partial charge is 0.331 e. The molecule has 1 unspecified atom stereocenters. The van der Waals surface area contributed by atoms with Gasteiger partial charge in [0.15, 0.2) is 0 Å². The van der Waals surface area contributed by atoms with Crippen LogP contribution in [0, 0.1) is 5.92 Å². The average Bonchev–Trinajstić information content (AvgIpc) is 2.93. The summed E-state index contributed by atoms with van der Waals surface area (Å²) < 4.78 is 11.0. The zero-order valence-electron chi connectivity index (χ0n) is 25.7. The first-order valence-electron chi connectivity index (χ1n) is 15.7. The third kappa shape index (κ3) is 14.6. The molecule has 0 aromatic rings. The van der Waals surface area contributed by atoms with Crippen molar-refractivity contribution < 1.29 is 39.2 Å². The maximum Gasteiger partial charge on any atom is 0.331 e. The Labute approximate surface area is 246 Å². The van der Waals surface area contributed by atoms with Crippen LogP contribution in [0.4, 0.5) is 0 Å². The molecule has 2 amide bonds. The Morgan fingerprint density at radius 1 is 0.829 bits per heavy atom. The van der Waals surface area contributed by atoms with Crippen LogP contribution in [-0.4, -0.2) is 76.4 Å². The fourth-order valence-corrected chi connectivity index (χ4v) is 4.76. The van der Waals surface area contributed by atoms with Gasteiger partial charge in [-0.25, -0.2) is 4.79 Å². The van der Waals surface area contributed by atoms with E-state index in [2.05, 4.69) is 29.7 Å².